The highest BCUT2D eigenvalue weighted by Crippen LogP contribution is 2.33. The number of pyridine rings is 1. The fourth-order valence-corrected chi connectivity index (χ4v) is 5.06. The zero-order chi connectivity index (χ0) is 25.3. The van der Waals surface area contributed by atoms with Gasteiger partial charge in [0.1, 0.15) is 11.4 Å². The van der Waals surface area contributed by atoms with Crippen molar-refractivity contribution in [2.45, 2.75) is 52.2 Å². The van der Waals surface area contributed by atoms with E-state index in [1.54, 1.807) is 22.1 Å². The number of halogens is 2. The van der Waals surface area contributed by atoms with Crippen LogP contribution >= 0.6 is 31.9 Å². The Balaban J connectivity index is 1.79. The number of rotatable bonds is 3. The van der Waals surface area contributed by atoms with Gasteiger partial charge in [0.05, 0.1) is 6.04 Å². The minimum absolute atomic E-state index is 0.155. The molecule has 1 saturated heterocycles. The number of anilines is 1. The molecule has 1 aliphatic rings. The van der Waals surface area contributed by atoms with Crippen LogP contribution in [0.2, 0.25) is 0 Å². The van der Waals surface area contributed by atoms with Crippen LogP contribution in [0.25, 0.3) is 10.8 Å². The summed E-state index contributed by atoms with van der Waals surface area (Å²) in [4.78, 5) is 35.2. The molecule has 2 aromatic carbocycles. The van der Waals surface area contributed by atoms with Crippen LogP contribution in [0.15, 0.2) is 57.6 Å². The van der Waals surface area contributed by atoms with Crippen molar-refractivity contribution in [3.05, 3.63) is 68.7 Å². The number of aryl methyl sites for hydroxylation is 1. The second-order valence-electron chi connectivity index (χ2n) is 9.83. The molecule has 6 nitrogen and oxygen atoms in total. The van der Waals surface area contributed by atoms with Crippen LogP contribution in [-0.4, -0.2) is 46.6 Å². The molecule has 35 heavy (non-hydrogen) atoms. The molecule has 0 radical (unpaired) electrons. The van der Waals surface area contributed by atoms with Crippen molar-refractivity contribution in [1.82, 2.24) is 9.88 Å². The minimum atomic E-state index is -0.586. The van der Waals surface area contributed by atoms with Crippen LogP contribution < -0.4 is 4.90 Å². The number of fused-ring (bicyclic) bond motifs is 1. The average molecular weight is 603 g/mol. The van der Waals surface area contributed by atoms with E-state index in [0.717, 1.165) is 38.1 Å². The van der Waals surface area contributed by atoms with Crippen molar-refractivity contribution in [1.29, 1.82) is 0 Å². The Kier molecular flexibility index (Phi) is 7.52. The largest absolute Gasteiger partial charge is 0.444 e. The number of ether oxygens (including phenoxy) is 1. The van der Waals surface area contributed by atoms with E-state index in [4.69, 9.17) is 9.72 Å². The number of hydrogen-bond donors (Lipinski definition) is 0. The van der Waals surface area contributed by atoms with E-state index in [1.807, 2.05) is 64.1 Å². The Morgan fingerprint density at radius 1 is 1.11 bits per heavy atom. The summed E-state index contributed by atoms with van der Waals surface area (Å²) >= 11 is 7.01. The SMILES string of the molecule is Cc1cccc2ccnc(N(C(=O)c3ccc(Br)c(Br)c3)[C@@H]3CCCN(C(=O)OC(C)(C)C)C3)c12. The summed E-state index contributed by atoms with van der Waals surface area (Å²) in [5.74, 6) is 0.457. The third kappa shape index (κ3) is 5.70. The van der Waals surface area contributed by atoms with Crippen molar-refractivity contribution >= 4 is 60.5 Å². The zero-order valence-electron chi connectivity index (χ0n) is 20.3. The Morgan fingerprint density at radius 3 is 2.60 bits per heavy atom. The minimum Gasteiger partial charge on any atom is -0.444 e. The van der Waals surface area contributed by atoms with Gasteiger partial charge in [-0.15, -0.1) is 0 Å². The van der Waals surface area contributed by atoms with E-state index < -0.39 is 5.60 Å². The number of aromatic nitrogens is 1. The van der Waals surface area contributed by atoms with E-state index >= 15 is 0 Å². The van der Waals surface area contributed by atoms with Crippen molar-refractivity contribution in [3.8, 4) is 0 Å². The standard InChI is InChI=1S/C27H29Br2N3O3/c1-17-7-5-8-18-12-13-30-24(23(17)18)32(25(33)19-10-11-21(28)22(29)15-19)20-9-6-14-31(16-20)26(34)35-27(2,3)4/h5,7-8,10-13,15,20H,6,9,14,16H2,1-4H3/t20-/m1/s1. The summed E-state index contributed by atoms with van der Waals surface area (Å²) in [5.41, 5.74) is 0.999. The van der Waals surface area contributed by atoms with Gasteiger partial charge in [-0.05, 0) is 108 Å². The Morgan fingerprint density at radius 2 is 1.89 bits per heavy atom. The Bertz CT molecular complexity index is 1270. The van der Waals surface area contributed by atoms with Crippen LogP contribution in [0.5, 0.6) is 0 Å². The first-order valence-corrected chi connectivity index (χ1v) is 13.2. The van der Waals surface area contributed by atoms with Crippen molar-refractivity contribution in [3.63, 3.8) is 0 Å². The fourth-order valence-electron chi connectivity index (χ4n) is 4.43. The number of carbonyl (C=O) groups is 2. The van der Waals surface area contributed by atoms with Gasteiger partial charge < -0.3 is 9.64 Å². The molecule has 1 fully saturated rings. The summed E-state index contributed by atoms with van der Waals surface area (Å²) in [7, 11) is 0. The number of hydrogen-bond acceptors (Lipinski definition) is 4. The first-order chi connectivity index (χ1) is 16.5. The van der Waals surface area contributed by atoms with E-state index in [1.165, 1.54) is 0 Å². The molecular formula is C27H29Br2N3O3. The third-order valence-electron chi connectivity index (χ3n) is 6.01. The summed E-state index contributed by atoms with van der Waals surface area (Å²) in [5, 5.41) is 1.96. The number of piperidine rings is 1. The monoisotopic (exact) mass is 601 g/mol. The van der Waals surface area contributed by atoms with Crippen LogP contribution in [0, 0.1) is 6.92 Å². The number of carbonyl (C=O) groups excluding carboxylic acids is 2. The molecule has 0 unspecified atom stereocenters. The molecule has 3 aromatic rings. The maximum Gasteiger partial charge on any atom is 0.410 e. The first kappa shape index (κ1) is 25.6. The second kappa shape index (κ2) is 10.3. The Labute approximate surface area is 222 Å². The molecule has 1 aromatic heterocycles. The second-order valence-corrected chi connectivity index (χ2v) is 11.5. The summed E-state index contributed by atoms with van der Waals surface area (Å²) in [6, 6.07) is 13.2. The molecule has 2 amide bonds. The molecule has 4 rings (SSSR count). The zero-order valence-corrected chi connectivity index (χ0v) is 23.5. The fraction of sp³-hybridized carbons (Fsp3) is 0.370. The molecule has 0 saturated carbocycles. The van der Waals surface area contributed by atoms with Crippen LogP contribution in [0.3, 0.4) is 0 Å². The number of benzene rings is 2. The lowest BCUT2D eigenvalue weighted by molar-refractivity contribution is 0.0196. The summed E-state index contributed by atoms with van der Waals surface area (Å²) in [6.45, 7) is 8.57. The van der Waals surface area contributed by atoms with Crippen LogP contribution in [0.4, 0.5) is 10.6 Å². The highest BCUT2D eigenvalue weighted by Gasteiger charge is 2.35. The molecule has 0 N–H and O–H groups in total. The molecule has 0 spiro atoms. The Hall–Kier alpha value is -2.45. The normalized spacial score (nSPS) is 16.3. The number of nitrogens with zero attached hydrogens (tertiary/aromatic N) is 3. The average Bonchev–Trinajstić information content (AvgIpc) is 2.80. The lowest BCUT2D eigenvalue weighted by Gasteiger charge is -2.39. The van der Waals surface area contributed by atoms with Crippen molar-refractivity contribution < 1.29 is 14.3 Å². The lowest BCUT2D eigenvalue weighted by atomic mass is 10.0. The van der Waals surface area contributed by atoms with Crippen molar-refractivity contribution in [2.24, 2.45) is 0 Å². The van der Waals surface area contributed by atoms with Gasteiger partial charge in [0.2, 0.25) is 0 Å². The number of amides is 2. The van der Waals surface area contributed by atoms with Gasteiger partial charge in [0.15, 0.2) is 0 Å². The molecule has 1 atom stereocenters. The van der Waals surface area contributed by atoms with Crippen molar-refractivity contribution in [2.75, 3.05) is 18.0 Å². The molecule has 2 heterocycles. The van der Waals surface area contributed by atoms with E-state index in [2.05, 4.69) is 31.9 Å². The molecule has 1 aliphatic heterocycles. The van der Waals surface area contributed by atoms with Gasteiger partial charge in [0, 0.05) is 39.2 Å². The smallest absolute Gasteiger partial charge is 0.410 e. The molecule has 184 valence electrons. The van der Waals surface area contributed by atoms with Gasteiger partial charge in [-0.1, -0.05) is 18.2 Å². The third-order valence-corrected chi connectivity index (χ3v) is 7.89. The van der Waals surface area contributed by atoms with E-state index in [9.17, 15) is 9.59 Å². The quantitative estimate of drug-likeness (QED) is 0.320. The molecule has 0 bridgehead atoms. The van der Waals surface area contributed by atoms with E-state index in [0.29, 0.717) is 24.5 Å². The lowest BCUT2D eigenvalue weighted by Crippen LogP contribution is -2.53. The molecular weight excluding hydrogens is 574 g/mol. The van der Waals surface area contributed by atoms with Gasteiger partial charge in [-0.25, -0.2) is 9.78 Å². The van der Waals surface area contributed by atoms with Gasteiger partial charge in [0.25, 0.3) is 5.91 Å². The van der Waals surface area contributed by atoms with E-state index in [-0.39, 0.29) is 18.0 Å². The van der Waals surface area contributed by atoms with Gasteiger partial charge in [-0.3, -0.25) is 9.69 Å². The van der Waals surface area contributed by atoms with Crippen LogP contribution in [-0.2, 0) is 4.74 Å². The maximum absolute atomic E-state index is 14.1. The van der Waals surface area contributed by atoms with Crippen LogP contribution in [0.1, 0.15) is 49.5 Å². The van der Waals surface area contributed by atoms with Gasteiger partial charge >= 0.3 is 6.09 Å². The maximum atomic E-state index is 14.1. The predicted molar refractivity (Wildman–Crippen MR) is 146 cm³/mol. The molecule has 0 aliphatic carbocycles. The highest BCUT2D eigenvalue weighted by molar-refractivity contribution is 9.13. The summed E-state index contributed by atoms with van der Waals surface area (Å²) < 4.78 is 7.30. The highest BCUT2D eigenvalue weighted by atomic mass is 79.9. The topological polar surface area (TPSA) is 62.7 Å². The number of likely N-dealkylation sites (tertiary alicyclic amines) is 1. The molecule has 8 heteroatoms. The van der Waals surface area contributed by atoms with Gasteiger partial charge in [-0.2, -0.15) is 0 Å². The predicted octanol–water partition coefficient (Wildman–Crippen LogP) is 7.11. The first-order valence-electron chi connectivity index (χ1n) is 11.7. The summed E-state index contributed by atoms with van der Waals surface area (Å²) in [6.07, 6.45) is 2.90.